The Bertz CT molecular complexity index is 1360. The molecule has 1 atom stereocenters. The number of nitrogens with zero attached hydrogens (tertiary/aromatic N) is 4. The molecule has 1 aromatic carbocycles. The maximum absolute atomic E-state index is 13.0. The van der Waals surface area contributed by atoms with E-state index in [-0.39, 0.29) is 16.9 Å². The van der Waals surface area contributed by atoms with E-state index < -0.39 is 21.9 Å². The largest absolute Gasteiger partial charge is 0.495 e. The Balaban J connectivity index is 2.03. The zero-order valence-corrected chi connectivity index (χ0v) is 21.1. The van der Waals surface area contributed by atoms with Crippen LogP contribution in [0.15, 0.2) is 32.8 Å². The molecule has 0 spiro atoms. The average molecular weight is 492 g/mol. The van der Waals surface area contributed by atoms with Gasteiger partial charge in [-0.05, 0) is 25.1 Å². The van der Waals surface area contributed by atoms with Crippen LogP contribution in [-0.2, 0) is 24.3 Å². The van der Waals surface area contributed by atoms with Crippen LogP contribution in [0.3, 0.4) is 0 Å². The van der Waals surface area contributed by atoms with E-state index in [0.717, 1.165) is 16.3 Å². The number of aromatic nitrogens is 4. The topological polar surface area (TPSA) is 108 Å². The smallest absolute Gasteiger partial charge is 0.332 e. The standard InChI is InChI=1S/C22H26ClN5O4S/c1-11(17(29)24-12-8-9-14(32-7)13(23)10-12)33-18-15-16(25-20(26-18)22(2,3)4)27(5)21(31)28(6)19(15)30/h8-11H,1-7H3,(H,24,29). The maximum Gasteiger partial charge on any atom is 0.332 e. The molecule has 9 nitrogen and oxygen atoms in total. The van der Waals surface area contributed by atoms with Crippen molar-refractivity contribution in [1.82, 2.24) is 19.1 Å². The van der Waals surface area contributed by atoms with Crippen LogP contribution in [0, 0.1) is 0 Å². The van der Waals surface area contributed by atoms with E-state index in [1.165, 1.54) is 18.7 Å². The third kappa shape index (κ3) is 4.91. The van der Waals surface area contributed by atoms with Gasteiger partial charge in [-0.1, -0.05) is 44.1 Å². The van der Waals surface area contributed by atoms with Gasteiger partial charge in [0.25, 0.3) is 5.56 Å². The van der Waals surface area contributed by atoms with Crippen molar-refractivity contribution in [2.45, 2.75) is 43.4 Å². The van der Waals surface area contributed by atoms with Gasteiger partial charge < -0.3 is 10.1 Å². The van der Waals surface area contributed by atoms with Crippen LogP contribution >= 0.6 is 23.4 Å². The van der Waals surface area contributed by atoms with Crippen molar-refractivity contribution in [2.24, 2.45) is 14.1 Å². The summed E-state index contributed by atoms with van der Waals surface area (Å²) in [5.74, 6) is 0.669. The van der Waals surface area contributed by atoms with Crippen LogP contribution < -0.4 is 21.3 Å². The molecule has 0 aliphatic heterocycles. The van der Waals surface area contributed by atoms with Crippen LogP contribution in [0.4, 0.5) is 5.69 Å². The molecule has 11 heteroatoms. The van der Waals surface area contributed by atoms with Gasteiger partial charge in [-0.2, -0.15) is 0 Å². The van der Waals surface area contributed by atoms with Crippen LogP contribution in [0.5, 0.6) is 5.75 Å². The molecule has 0 bridgehead atoms. The zero-order valence-electron chi connectivity index (χ0n) is 19.5. The first-order chi connectivity index (χ1) is 15.3. The Morgan fingerprint density at radius 2 is 1.85 bits per heavy atom. The summed E-state index contributed by atoms with van der Waals surface area (Å²) in [7, 11) is 4.47. The molecule has 176 valence electrons. The average Bonchev–Trinajstić information content (AvgIpc) is 2.75. The van der Waals surface area contributed by atoms with Crippen molar-refractivity contribution in [3.05, 3.63) is 49.9 Å². The van der Waals surface area contributed by atoms with Gasteiger partial charge in [-0.15, -0.1) is 0 Å². The summed E-state index contributed by atoms with van der Waals surface area (Å²) >= 11 is 7.27. The number of nitrogens with one attached hydrogen (secondary N) is 1. The summed E-state index contributed by atoms with van der Waals surface area (Å²) in [5, 5.41) is 3.11. The van der Waals surface area contributed by atoms with Crippen LogP contribution in [-0.4, -0.2) is 37.4 Å². The number of aryl methyl sites for hydroxylation is 1. The molecule has 2 aromatic heterocycles. The number of amides is 1. The van der Waals surface area contributed by atoms with E-state index >= 15 is 0 Å². The first-order valence-electron chi connectivity index (χ1n) is 10.1. The number of halogens is 1. The minimum absolute atomic E-state index is 0.199. The Hall–Kier alpha value is -2.85. The lowest BCUT2D eigenvalue weighted by molar-refractivity contribution is -0.115. The molecule has 1 N–H and O–H groups in total. The zero-order chi connectivity index (χ0) is 24.7. The maximum atomic E-state index is 13.0. The lowest BCUT2D eigenvalue weighted by atomic mass is 9.96. The molecule has 0 saturated heterocycles. The highest BCUT2D eigenvalue weighted by atomic mass is 35.5. The molecule has 1 amide bonds. The molecule has 0 aliphatic carbocycles. The molecular formula is C22H26ClN5O4S. The summed E-state index contributed by atoms with van der Waals surface area (Å²) in [6, 6.07) is 4.94. The third-order valence-corrected chi connectivity index (χ3v) is 6.40. The third-order valence-electron chi connectivity index (χ3n) is 5.01. The predicted molar refractivity (Wildman–Crippen MR) is 131 cm³/mol. The Kier molecular flexibility index (Phi) is 6.90. The van der Waals surface area contributed by atoms with Gasteiger partial charge in [0.1, 0.15) is 22.0 Å². The summed E-state index contributed by atoms with van der Waals surface area (Å²) < 4.78 is 7.46. The second kappa shape index (κ2) is 9.18. The Morgan fingerprint density at radius 3 is 2.42 bits per heavy atom. The van der Waals surface area contributed by atoms with Gasteiger partial charge >= 0.3 is 5.69 Å². The summed E-state index contributed by atoms with van der Waals surface area (Å²) in [6.45, 7) is 7.52. The number of carbonyl (C=O) groups is 1. The van der Waals surface area contributed by atoms with Gasteiger partial charge in [0.05, 0.1) is 17.4 Å². The van der Waals surface area contributed by atoms with Crippen LogP contribution in [0.1, 0.15) is 33.5 Å². The van der Waals surface area contributed by atoms with E-state index in [4.69, 9.17) is 16.3 Å². The van der Waals surface area contributed by atoms with Gasteiger partial charge in [0.2, 0.25) is 5.91 Å². The molecule has 0 aliphatic rings. The fourth-order valence-electron chi connectivity index (χ4n) is 3.06. The normalized spacial score (nSPS) is 12.6. The molecule has 0 fully saturated rings. The summed E-state index contributed by atoms with van der Waals surface area (Å²) in [5.41, 5.74) is -0.680. The van der Waals surface area contributed by atoms with Gasteiger partial charge in [0.15, 0.2) is 5.65 Å². The SMILES string of the molecule is COc1ccc(NC(=O)C(C)Sc2nc(C(C)(C)C)nc3c2c(=O)n(C)c(=O)n3C)cc1Cl. The second-order valence-electron chi connectivity index (χ2n) is 8.61. The van der Waals surface area contributed by atoms with Crippen molar-refractivity contribution < 1.29 is 9.53 Å². The van der Waals surface area contributed by atoms with Crippen LogP contribution in [0.25, 0.3) is 11.0 Å². The summed E-state index contributed by atoms with van der Waals surface area (Å²) in [4.78, 5) is 47.4. The number of thioether (sulfide) groups is 1. The van der Waals surface area contributed by atoms with Gasteiger partial charge in [-0.25, -0.2) is 14.8 Å². The molecule has 1 unspecified atom stereocenters. The molecule has 33 heavy (non-hydrogen) atoms. The lowest BCUT2D eigenvalue weighted by Crippen LogP contribution is -2.38. The quantitative estimate of drug-likeness (QED) is 0.431. The van der Waals surface area contributed by atoms with Crippen molar-refractivity contribution >= 4 is 46.0 Å². The Labute approximate surface area is 200 Å². The van der Waals surface area contributed by atoms with E-state index in [2.05, 4.69) is 15.3 Å². The number of fused-ring (bicyclic) bond motifs is 1. The fraction of sp³-hybridized carbons (Fsp3) is 0.409. The highest BCUT2D eigenvalue weighted by molar-refractivity contribution is 8.00. The molecule has 2 heterocycles. The highest BCUT2D eigenvalue weighted by Crippen LogP contribution is 2.31. The number of carbonyl (C=O) groups excluding carboxylic acids is 1. The number of hydrogen-bond acceptors (Lipinski definition) is 7. The molecular weight excluding hydrogens is 466 g/mol. The minimum Gasteiger partial charge on any atom is -0.495 e. The number of ether oxygens (including phenoxy) is 1. The van der Waals surface area contributed by atoms with Crippen LogP contribution in [0.2, 0.25) is 5.02 Å². The fourth-order valence-corrected chi connectivity index (χ4v) is 4.25. The molecule has 3 rings (SSSR count). The van der Waals surface area contributed by atoms with Crippen molar-refractivity contribution in [3.63, 3.8) is 0 Å². The molecule has 0 saturated carbocycles. The van der Waals surface area contributed by atoms with Crippen molar-refractivity contribution in [2.75, 3.05) is 12.4 Å². The van der Waals surface area contributed by atoms with E-state index in [9.17, 15) is 14.4 Å². The lowest BCUT2D eigenvalue weighted by Gasteiger charge is -2.20. The van der Waals surface area contributed by atoms with Crippen molar-refractivity contribution in [3.8, 4) is 5.75 Å². The predicted octanol–water partition coefficient (Wildman–Crippen LogP) is 3.11. The van der Waals surface area contributed by atoms with E-state index in [1.807, 2.05) is 20.8 Å². The number of hydrogen-bond donors (Lipinski definition) is 1. The van der Waals surface area contributed by atoms with Gasteiger partial charge in [0, 0.05) is 25.2 Å². The van der Waals surface area contributed by atoms with E-state index in [1.54, 1.807) is 32.2 Å². The second-order valence-corrected chi connectivity index (χ2v) is 10.3. The first kappa shape index (κ1) is 24.8. The molecule has 0 radical (unpaired) electrons. The van der Waals surface area contributed by atoms with Crippen molar-refractivity contribution in [1.29, 1.82) is 0 Å². The van der Waals surface area contributed by atoms with E-state index in [0.29, 0.717) is 27.3 Å². The molecule has 3 aromatic rings. The summed E-state index contributed by atoms with van der Waals surface area (Å²) in [6.07, 6.45) is 0. The Morgan fingerprint density at radius 1 is 1.18 bits per heavy atom. The number of methoxy groups -OCH3 is 1. The monoisotopic (exact) mass is 491 g/mol. The first-order valence-corrected chi connectivity index (χ1v) is 11.4. The number of anilines is 1. The highest BCUT2D eigenvalue weighted by Gasteiger charge is 2.26. The number of benzene rings is 1. The van der Waals surface area contributed by atoms with Gasteiger partial charge in [-0.3, -0.25) is 18.7 Å². The number of rotatable bonds is 5. The minimum atomic E-state index is -0.612.